The van der Waals surface area contributed by atoms with Crippen LogP contribution in [0.25, 0.3) is 10.2 Å². The summed E-state index contributed by atoms with van der Waals surface area (Å²) in [7, 11) is -3.27. The molecule has 1 aromatic carbocycles. The van der Waals surface area contributed by atoms with E-state index < -0.39 is 9.84 Å². The van der Waals surface area contributed by atoms with Crippen molar-refractivity contribution in [2.75, 3.05) is 11.6 Å². The van der Waals surface area contributed by atoms with Crippen LogP contribution in [0.3, 0.4) is 0 Å². The van der Waals surface area contributed by atoms with Crippen molar-refractivity contribution in [1.29, 1.82) is 0 Å². The molecule has 0 saturated carbocycles. The third-order valence-corrected chi connectivity index (χ3v) is 4.98. The highest BCUT2D eigenvalue weighted by molar-refractivity contribution is 7.90. The van der Waals surface area contributed by atoms with E-state index in [9.17, 15) is 13.2 Å². The molecule has 0 spiro atoms. The minimum absolute atomic E-state index is 0.230. The van der Waals surface area contributed by atoms with Crippen LogP contribution < -0.4 is 5.32 Å². The quantitative estimate of drug-likeness (QED) is 0.795. The fraction of sp³-hybridized carbons (Fsp3) is 0.0714. The van der Waals surface area contributed by atoms with Gasteiger partial charge in [0.1, 0.15) is 0 Å². The zero-order valence-electron chi connectivity index (χ0n) is 11.5. The molecule has 0 aliphatic heterocycles. The van der Waals surface area contributed by atoms with E-state index in [2.05, 4.69) is 15.3 Å². The molecular weight excluding hydrogens is 322 g/mol. The number of hydrogen-bond acceptors (Lipinski definition) is 6. The maximum absolute atomic E-state index is 12.0. The Kier molecular flexibility index (Phi) is 3.63. The van der Waals surface area contributed by atoms with Gasteiger partial charge in [-0.3, -0.25) is 15.1 Å². The Morgan fingerprint density at radius 2 is 2.09 bits per heavy atom. The van der Waals surface area contributed by atoms with E-state index in [1.54, 1.807) is 30.5 Å². The minimum atomic E-state index is -3.27. The van der Waals surface area contributed by atoms with Crippen molar-refractivity contribution in [3.05, 3.63) is 48.3 Å². The van der Waals surface area contributed by atoms with Crippen LogP contribution in [0.2, 0.25) is 0 Å². The molecule has 0 atom stereocenters. The molecule has 112 valence electrons. The SMILES string of the molecule is CS(=O)(=O)c1ccc2nc(NC(=O)c3cccnc3)sc2c1. The van der Waals surface area contributed by atoms with Crippen LogP contribution in [0.15, 0.2) is 47.6 Å². The van der Waals surface area contributed by atoms with E-state index in [1.807, 2.05) is 0 Å². The molecule has 6 nitrogen and oxygen atoms in total. The molecule has 0 bridgehead atoms. The molecule has 8 heteroatoms. The molecule has 0 aliphatic rings. The molecule has 3 aromatic rings. The average Bonchev–Trinajstić information content (AvgIpc) is 2.88. The Balaban J connectivity index is 1.91. The number of carbonyl (C=O) groups is 1. The summed E-state index contributed by atoms with van der Waals surface area (Å²) in [6, 6.07) is 8.01. The molecule has 1 amide bonds. The first-order chi connectivity index (χ1) is 10.4. The number of fused-ring (bicyclic) bond motifs is 1. The summed E-state index contributed by atoms with van der Waals surface area (Å²) in [5, 5.41) is 3.10. The number of sulfone groups is 1. The first kappa shape index (κ1) is 14.6. The maximum atomic E-state index is 12.0. The van der Waals surface area contributed by atoms with Gasteiger partial charge in [-0.2, -0.15) is 0 Å². The second-order valence-electron chi connectivity index (χ2n) is 4.62. The predicted octanol–water partition coefficient (Wildman–Crippen LogP) is 2.35. The lowest BCUT2D eigenvalue weighted by molar-refractivity contribution is 0.102. The number of amides is 1. The van der Waals surface area contributed by atoms with Crippen LogP contribution in [-0.2, 0) is 9.84 Å². The van der Waals surface area contributed by atoms with Gasteiger partial charge in [-0.15, -0.1) is 0 Å². The number of thiazole rings is 1. The Hall–Kier alpha value is -2.32. The number of rotatable bonds is 3. The van der Waals surface area contributed by atoms with Gasteiger partial charge in [-0.25, -0.2) is 13.4 Å². The van der Waals surface area contributed by atoms with Crippen molar-refractivity contribution in [2.24, 2.45) is 0 Å². The lowest BCUT2D eigenvalue weighted by Gasteiger charge is -1.99. The number of anilines is 1. The van der Waals surface area contributed by atoms with Crippen molar-refractivity contribution >= 4 is 42.4 Å². The predicted molar refractivity (Wildman–Crippen MR) is 84.9 cm³/mol. The molecular formula is C14H11N3O3S2. The van der Waals surface area contributed by atoms with Gasteiger partial charge in [0.05, 0.1) is 20.7 Å². The Bertz CT molecular complexity index is 950. The topological polar surface area (TPSA) is 89.0 Å². The number of nitrogens with zero attached hydrogens (tertiary/aromatic N) is 2. The summed E-state index contributed by atoms with van der Waals surface area (Å²) >= 11 is 1.22. The summed E-state index contributed by atoms with van der Waals surface area (Å²) in [6.07, 6.45) is 4.20. The lowest BCUT2D eigenvalue weighted by Crippen LogP contribution is -2.11. The van der Waals surface area contributed by atoms with Gasteiger partial charge in [0.2, 0.25) is 0 Å². The van der Waals surface area contributed by atoms with Crippen LogP contribution in [0.5, 0.6) is 0 Å². The summed E-state index contributed by atoms with van der Waals surface area (Å²) in [5.74, 6) is -0.310. The van der Waals surface area contributed by atoms with Crippen LogP contribution in [-0.4, -0.2) is 30.5 Å². The third kappa shape index (κ3) is 2.97. The van der Waals surface area contributed by atoms with Crippen LogP contribution in [0.1, 0.15) is 10.4 Å². The van der Waals surface area contributed by atoms with Crippen LogP contribution in [0, 0.1) is 0 Å². The number of carbonyl (C=O) groups excluding carboxylic acids is 1. The molecule has 0 fully saturated rings. The lowest BCUT2D eigenvalue weighted by atomic mass is 10.3. The highest BCUT2D eigenvalue weighted by Crippen LogP contribution is 2.28. The minimum Gasteiger partial charge on any atom is -0.298 e. The first-order valence-corrected chi connectivity index (χ1v) is 8.96. The number of benzene rings is 1. The standard InChI is InChI=1S/C14H11N3O3S2/c1-22(19,20)10-4-5-11-12(7-10)21-14(16-11)17-13(18)9-3-2-6-15-8-9/h2-8H,1H3,(H,16,17,18). The second kappa shape index (κ2) is 5.47. The van der Waals surface area contributed by atoms with Crippen LogP contribution >= 0.6 is 11.3 Å². The summed E-state index contributed by atoms with van der Waals surface area (Å²) < 4.78 is 23.8. The number of hydrogen-bond donors (Lipinski definition) is 1. The highest BCUT2D eigenvalue weighted by atomic mass is 32.2. The van der Waals surface area contributed by atoms with Gasteiger partial charge in [0.25, 0.3) is 5.91 Å². The fourth-order valence-electron chi connectivity index (χ4n) is 1.86. The Labute approximate surface area is 130 Å². The number of nitrogens with one attached hydrogen (secondary N) is 1. The molecule has 2 heterocycles. The van der Waals surface area contributed by atoms with Gasteiger partial charge >= 0.3 is 0 Å². The molecule has 0 saturated heterocycles. The van der Waals surface area contributed by atoms with E-state index >= 15 is 0 Å². The molecule has 0 unspecified atom stereocenters. The highest BCUT2D eigenvalue weighted by Gasteiger charge is 2.13. The third-order valence-electron chi connectivity index (χ3n) is 2.93. The number of pyridine rings is 1. The van der Waals surface area contributed by atoms with Gasteiger partial charge in [0, 0.05) is 18.6 Å². The van der Waals surface area contributed by atoms with Crippen LogP contribution in [0.4, 0.5) is 5.13 Å². The largest absolute Gasteiger partial charge is 0.298 e. The molecule has 0 aliphatic carbocycles. The van der Waals surface area contributed by atoms with Crippen molar-refractivity contribution in [2.45, 2.75) is 4.90 Å². The van der Waals surface area contributed by atoms with E-state index in [0.29, 0.717) is 20.9 Å². The zero-order chi connectivity index (χ0) is 15.7. The molecule has 3 rings (SSSR count). The Morgan fingerprint density at radius 1 is 1.27 bits per heavy atom. The summed E-state index contributed by atoms with van der Waals surface area (Å²) in [5.41, 5.74) is 1.07. The van der Waals surface area contributed by atoms with Crippen molar-refractivity contribution in [3.63, 3.8) is 0 Å². The van der Waals surface area contributed by atoms with Gasteiger partial charge in [-0.05, 0) is 30.3 Å². The normalized spacial score (nSPS) is 11.5. The van der Waals surface area contributed by atoms with Gasteiger partial charge < -0.3 is 0 Å². The van der Waals surface area contributed by atoms with E-state index in [-0.39, 0.29) is 10.8 Å². The molecule has 1 N–H and O–H groups in total. The summed E-state index contributed by atoms with van der Waals surface area (Å²) in [4.78, 5) is 20.4. The molecule has 2 aromatic heterocycles. The maximum Gasteiger partial charge on any atom is 0.259 e. The molecule has 0 radical (unpaired) electrons. The fourth-order valence-corrected chi connectivity index (χ4v) is 3.48. The smallest absolute Gasteiger partial charge is 0.259 e. The Morgan fingerprint density at radius 3 is 2.77 bits per heavy atom. The second-order valence-corrected chi connectivity index (χ2v) is 7.66. The monoisotopic (exact) mass is 333 g/mol. The van der Waals surface area contributed by atoms with Gasteiger partial charge in [0.15, 0.2) is 15.0 Å². The number of aromatic nitrogens is 2. The van der Waals surface area contributed by atoms with Crippen molar-refractivity contribution < 1.29 is 13.2 Å². The van der Waals surface area contributed by atoms with E-state index in [1.165, 1.54) is 23.6 Å². The zero-order valence-corrected chi connectivity index (χ0v) is 13.1. The van der Waals surface area contributed by atoms with Gasteiger partial charge in [-0.1, -0.05) is 11.3 Å². The molecule has 22 heavy (non-hydrogen) atoms. The van der Waals surface area contributed by atoms with E-state index in [0.717, 1.165) is 6.26 Å². The van der Waals surface area contributed by atoms with E-state index in [4.69, 9.17) is 0 Å². The van der Waals surface area contributed by atoms with Crippen molar-refractivity contribution in [1.82, 2.24) is 9.97 Å². The van der Waals surface area contributed by atoms with Crippen molar-refractivity contribution in [3.8, 4) is 0 Å². The average molecular weight is 333 g/mol. The summed E-state index contributed by atoms with van der Waals surface area (Å²) in [6.45, 7) is 0. The first-order valence-electron chi connectivity index (χ1n) is 6.25.